The Labute approximate surface area is 53.5 Å². The topological polar surface area (TPSA) is 22.1 Å². The fourth-order valence-corrected chi connectivity index (χ4v) is 0.904. The summed E-state index contributed by atoms with van der Waals surface area (Å²) in [6.45, 7) is 1.78. The Kier molecular flexibility index (Phi) is 0.918. The highest BCUT2D eigenvalue weighted by Crippen LogP contribution is 2.24. The monoisotopic (exact) mass is 120 g/mol. The Balaban J connectivity index is 2.54. The van der Waals surface area contributed by atoms with E-state index in [1.54, 1.807) is 12.8 Å². The summed E-state index contributed by atoms with van der Waals surface area (Å²) in [7, 11) is 0. The molecular weight excluding hydrogens is 114 g/mol. The van der Waals surface area contributed by atoms with Crippen molar-refractivity contribution in [2.45, 2.75) is 6.42 Å². The number of nitrogens with zero attached hydrogens (tertiary/aromatic N) is 1. The lowest BCUT2D eigenvalue weighted by molar-refractivity contribution is 0.435. The highest BCUT2D eigenvalue weighted by atomic mass is 16.5. The lowest BCUT2D eigenvalue weighted by atomic mass is 10.2. The molecule has 1 aromatic rings. The predicted molar refractivity (Wildman–Crippen MR) is 32.9 cm³/mol. The summed E-state index contributed by atoms with van der Waals surface area (Å²) in [5, 5.41) is 0. The highest BCUT2D eigenvalue weighted by molar-refractivity contribution is 5.34. The summed E-state index contributed by atoms with van der Waals surface area (Å²) in [6.07, 6.45) is 4.46. The molecule has 0 aromatic carbocycles. The zero-order chi connectivity index (χ0) is 6.10. The molecule has 2 heterocycles. The van der Waals surface area contributed by atoms with Gasteiger partial charge in [0.05, 0.1) is 0 Å². The van der Waals surface area contributed by atoms with Crippen LogP contribution in [0.1, 0.15) is 5.56 Å². The first-order valence-electron chi connectivity index (χ1n) is 2.88. The van der Waals surface area contributed by atoms with Gasteiger partial charge < -0.3 is 4.74 Å². The minimum absolute atomic E-state index is 0.892. The molecule has 0 N–H and O–H groups in total. The van der Waals surface area contributed by atoms with Crippen LogP contribution in [0.4, 0.5) is 0 Å². The number of ether oxygens (including phenoxy) is 1. The van der Waals surface area contributed by atoms with Gasteiger partial charge in [-0.3, -0.25) is 4.98 Å². The molecule has 45 valence electrons. The van der Waals surface area contributed by atoms with Crippen LogP contribution in [-0.4, -0.2) is 4.98 Å². The van der Waals surface area contributed by atoms with E-state index in [9.17, 15) is 0 Å². The lowest BCUT2D eigenvalue weighted by Crippen LogP contribution is -1.77. The van der Waals surface area contributed by atoms with E-state index >= 15 is 0 Å². The van der Waals surface area contributed by atoms with Crippen molar-refractivity contribution in [3.05, 3.63) is 30.6 Å². The van der Waals surface area contributed by atoms with Gasteiger partial charge in [0.25, 0.3) is 0 Å². The molecule has 2 heteroatoms. The van der Waals surface area contributed by atoms with Crippen LogP contribution in [0, 0.1) is 6.61 Å². The van der Waals surface area contributed by atoms with E-state index in [0.717, 1.165) is 12.2 Å². The van der Waals surface area contributed by atoms with Crippen LogP contribution in [0.15, 0.2) is 18.5 Å². The van der Waals surface area contributed by atoms with Crippen molar-refractivity contribution in [2.75, 3.05) is 0 Å². The maximum absolute atomic E-state index is 5.13. The van der Waals surface area contributed by atoms with E-state index in [1.165, 1.54) is 5.56 Å². The second-order valence-corrected chi connectivity index (χ2v) is 1.97. The molecule has 2 rings (SSSR count). The number of hydrogen-bond donors (Lipinski definition) is 0. The average Bonchev–Trinajstić information content (AvgIpc) is 2.33. The zero-order valence-corrected chi connectivity index (χ0v) is 4.87. The summed E-state index contributed by atoms with van der Waals surface area (Å²) in [4.78, 5) is 3.96. The van der Waals surface area contributed by atoms with Crippen molar-refractivity contribution in [2.24, 2.45) is 0 Å². The second kappa shape index (κ2) is 1.72. The lowest BCUT2D eigenvalue weighted by Gasteiger charge is -1.92. The first-order valence-corrected chi connectivity index (χ1v) is 2.88. The van der Waals surface area contributed by atoms with Crippen molar-refractivity contribution >= 4 is 0 Å². The standard InChI is InChI=1S/C7H6NO/c1-3-8-5-6-2-4-9-7(1)6/h1,3-5H,2H2. The molecular formula is C7H6NO. The summed E-state index contributed by atoms with van der Waals surface area (Å²) in [6, 6.07) is 1.87. The fourth-order valence-electron chi connectivity index (χ4n) is 0.904. The van der Waals surface area contributed by atoms with E-state index in [1.807, 2.05) is 12.3 Å². The van der Waals surface area contributed by atoms with Crippen molar-refractivity contribution in [3.8, 4) is 5.75 Å². The van der Waals surface area contributed by atoms with Crippen LogP contribution in [0.5, 0.6) is 5.75 Å². The average molecular weight is 120 g/mol. The Morgan fingerprint density at radius 3 is 3.44 bits per heavy atom. The van der Waals surface area contributed by atoms with Crippen LogP contribution in [-0.2, 0) is 6.42 Å². The minimum Gasteiger partial charge on any atom is -0.486 e. The molecule has 0 saturated carbocycles. The third-order valence-electron chi connectivity index (χ3n) is 1.37. The number of hydrogen-bond acceptors (Lipinski definition) is 2. The van der Waals surface area contributed by atoms with E-state index in [4.69, 9.17) is 4.74 Å². The van der Waals surface area contributed by atoms with Gasteiger partial charge in [0, 0.05) is 24.4 Å². The molecule has 1 radical (unpaired) electrons. The molecule has 1 aromatic heterocycles. The van der Waals surface area contributed by atoms with Crippen LogP contribution >= 0.6 is 0 Å². The van der Waals surface area contributed by atoms with Gasteiger partial charge >= 0.3 is 0 Å². The third kappa shape index (κ3) is 0.669. The van der Waals surface area contributed by atoms with Gasteiger partial charge in [0.1, 0.15) is 12.4 Å². The molecule has 0 amide bonds. The quantitative estimate of drug-likeness (QED) is 0.513. The van der Waals surface area contributed by atoms with Gasteiger partial charge in [-0.2, -0.15) is 0 Å². The molecule has 0 saturated heterocycles. The van der Waals surface area contributed by atoms with E-state index < -0.39 is 0 Å². The van der Waals surface area contributed by atoms with Gasteiger partial charge in [-0.25, -0.2) is 0 Å². The number of fused-ring (bicyclic) bond motifs is 1. The van der Waals surface area contributed by atoms with Crippen LogP contribution < -0.4 is 4.74 Å². The molecule has 0 spiro atoms. The van der Waals surface area contributed by atoms with E-state index in [-0.39, 0.29) is 0 Å². The first-order chi connectivity index (χ1) is 4.47. The molecule has 1 aliphatic heterocycles. The maximum atomic E-state index is 5.13. The summed E-state index contributed by atoms with van der Waals surface area (Å²) in [5.74, 6) is 0.949. The second-order valence-electron chi connectivity index (χ2n) is 1.97. The molecule has 0 fully saturated rings. The van der Waals surface area contributed by atoms with Crippen molar-refractivity contribution in [1.82, 2.24) is 4.98 Å². The number of pyridine rings is 1. The Hall–Kier alpha value is -1.05. The van der Waals surface area contributed by atoms with Crippen LogP contribution in [0.2, 0.25) is 0 Å². The summed E-state index contributed by atoms with van der Waals surface area (Å²) < 4.78 is 5.13. The maximum Gasteiger partial charge on any atom is 0.140 e. The Morgan fingerprint density at radius 2 is 2.56 bits per heavy atom. The van der Waals surface area contributed by atoms with Crippen LogP contribution in [0.25, 0.3) is 0 Å². The SMILES string of the molecule is [CH]1Cc2cnccc2O1. The van der Waals surface area contributed by atoms with Gasteiger partial charge in [-0.15, -0.1) is 0 Å². The molecule has 0 bridgehead atoms. The molecule has 0 atom stereocenters. The molecule has 2 nitrogen and oxygen atoms in total. The fraction of sp³-hybridized carbons (Fsp3) is 0.143. The van der Waals surface area contributed by atoms with E-state index in [2.05, 4.69) is 4.98 Å². The number of aromatic nitrogens is 1. The van der Waals surface area contributed by atoms with Crippen LogP contribution in [0.3, 0.4) is 0 Å². The normalized spacial score (nSPS) is 14.7. The van der Waals surface area contributed by atoms with E-state index in [0.29, 0.717) is 0 Å². The summed E-state index contributed by atoms with van der Waals surface area (Å²) >= 11 is 0. The molecule has 0 aliphatic carbocycles. The Bertz CT molecular complexity index is 199. The Morgan fingerprint density at radius 1 is 1.56 bits per heavy atom. The van der Waals surface area contributed by atoms with Gasteiger partial charge in [0.2, 0.25) is 0 Å². The predicted octanol–water partition coefficient (Wildman–Crippen LogP) is 1.18. The van der Waals surface area contributed by atoms with Gasteiger partial charge in [-0.05, 0) is 6.07 Å². The summed E-state index contributed by atoms with van der Waals surface area (Å²) in [5.41, 5.74) is 1.18. The third-order valence-corrected chi connectivity index (χ3v) is 1.37. The first kappa shape index (κ1) is 4.79. The zero-order valence-electron chi connectivity index (χ0n) is 4.87. The largest absolute Gasteiger partial charge is 0.486 e. The highest BCUT2D eigenvalue weighted by Gasteiger charge is 2.10. The molecule has 1 aliphatic rings. The van der Waals surface area contributed by atoms with Crippen molar-refractivity contribution < 1.29 is 4.74 Å². The van der Waals surface area contributed by atoms with Gasteiger partial charge in [0.15, 0.2) is 0 Å². The van der Waals surface area contributed by atoms with Gasteiger partial charge in [-0.1, -0.05) is 0 Å². The number of rotatable bonds is 0. The van der Waals surface area contributed by atoms with Crippen molar-refractivity contribution in [3.63, 3.8) is 0 Å². The minimum atomic E-state index is 0.892. The molecule has 0 unspecified atom stereocenters. The van der Waals surface area contributed by atoms with Crippen molar-refractivity contribution in [1.29, 1.82) is 0 Å². The molecule has 9 heavy (non-hydrogen) atoms. The smallest absolute Gasteiger partial charge is 0.140 e.